The Labute approximate surface area is 196 Å². The van der Waals surface area contributed by atoms with Crippen LogP contribution in [-0.2, 0) is 13.0 Å². The van der Waals surface area contributed by atoms with Gasteiger partial charge in [0.1, 0.15) is 28.5 Å². The van der Waals surface area contributed by atoms with E-state index >= 15 is 0 Å². The van der Waals surface area contributed by atoms with Gasteiger partial charge in [0.25, 0.3) is 0 Å². The van der Waals surface area contributed by atoms with Crippen LogP contribution in [0.1, 0.15) is 5.56 Å². The number of ether oxygens (including phenoxy) is 2. The minimum atomic E-state index is -0.272. The van der Waals surface area contributed by atoms with Gasteiger partial charge in [0.15, 0.2) is 0 Å². The highest BCUT2D eigenvalue weighted by molar-refractivity contribution is 6.07. The number of hydrogen-bond donors (Lipinski definition) is 2. The second kappa shape index (κ2) is 8.94. The van der Waals surface area contributed by atoms with E-state index in [9.17, 15) is 9.50 Å². The first-order chi connectivity index (χ1) is 16.6. The van der Waals surface area contributed by atoms with Gasteiger partial charge in [-0.1, -0.05) is 24.3 Å². The van der Waals surface area contributed by atoms with Gasteiger partial charge >= 0.3 is 0 Å². The zero-order valence-corrected chi connectivity index (χ0v) is 18.9. The number of halogens is 1. The molecule has 2 heterocycles. The highest BCUT2D eigenvalue weighted by Crippen LogP contribution is 2.44. The first-order valence-corrected chi connectivity index (χ1v) is 10.9. The van der Waals surface area contributed by atoms with E-state index in [1.165, 1.54) is 12.1 Å². The molecule has 0 saturated carbocycles. The molecule has 6 nitrogen and oxygen atoms in total. The first kappa shape index (κ1) is 21.6. The summed E-state index contributed by atoms with van der Waals surface area (Å²) in [5, 5.41) is 19.6. The summed E-state index contributed by atoms with van der Waals surface area (Å²) in [6.45, 7) is 0.482. The van der Waals surface area contributed by atoms with Crippen molar-refractivity contribution in [2.75, 3.05) is 14.2 Å². The molecule has 0 saturated heterocycles. The van der Waals surface area contributed by atoms with Crippen LogP contribution < -0.4 is 9.47 Å². The summed E-state index contributed by atoms with van der Waals surface area (Å²) >= 11 is 0. The van der Waals surface area contributed by atoms with Gasteiger partial charge in [-0.15, -0.1) is 0 Å². The van der Waals surface area contributed by atoms with Crippen LogP contribution in [0.15, 0.2) is 72.8 Å². The fourth-order valence-electron chi connectivity index (χ4n) is 4.30. The van der Waals surface area contributed by atoms with Crippen molar-refractivity contribution in [3.63, 3.8) is 0 Å². The van der Waals surface area contributed by atoms with E-state index in [1.54, 1.807) is 26.4 Å². The molecule has 172 valence electrons. The van der Waals surface area contributed by atoms with Crippen LogP contribution >= 0.6 is 0 Å². The van der Waals surface area contributed by atoms with Gasteiger partial charge in [0.05, 0.1) is 25.3 Å². The second-order valence-electron chi connectivity index (χ2n) is 7.95. The lowest BCUT2D eigenvalue weighted by Gasteiger charge is -2.14. The van der Waals surface area contributed by atoms with Crippen molar-refractivity contribution in [3.8, 4) is 39.9 Å². The number of rotatable bonds is 7. The number of fused-ring (bicyclic) bond motifs is 1. The number of para-hydroxylation sites is 1. The Morgan fingerprint density at radius 2 is 1.68 bits per heavy atom. The number of nitrogens with one attached hydrogen (secondary N) is 1. The van der Waals surface area contributed by atoms with E-state index in [1.807, 2.05) is 53.1 Å². The second-order valence-corrected chi connectivity index (χ2v) is 7.95. The minimum Gasteiger partial charge on any atom is -0.497 e. The maximum Gasteiger partial charge on any atom is 0.218 e. The zero-order valence-electron chi connectivity index (χ0n) is 18.9. The third-order valence-corrected chi connectivity index (χ3v) is 6.02. The molecule has 0 aliphatic carbocycles. The Morgan fingerprint density at radius 3 is 2.38 bits per heavy atom. The van der Waals surface area contributed by atoms with Crippen LogP contribution in [0.4, 0.5) is 4.39 Å². The molecule has 0 atom stereocenters. The molecule has 0 spiro atoms. The fourth-order valence-corrected chi connectivity index (χ4v) is 4.30. The molecule has 0 unspecified atom stereocenters. The SMILES string of the molecule is COc1ccc(-c2n[nH]c3c(O)n(CCc4ccc(F)cc4)c(-c4ccccc4OC)c23)cc1. The van der Waals surface area contributed by atoms with Gasteiger partial charge in [0.2, 0.25) is 5.88 Å². The molecule has 0 fully saturated rings. The Morgan fingerprint density at radius 1 is 0.941 bits per heavy atom. The lowest BCUT2D eigenvalue weighted by molar-refractivity contribution is 0.413. The predicted octanol–water partition coefficient (Wildman–Crippen LogP) is 5.80. The molecule has 7 heteroatoms. The smallest absolute Gasteiger partial charge is 0.218 e. The number of H-pyrrole nitrogens is 1. The van der Waals surface area contributed by atoms with Gasteiger partial charge in [-0.2, -0.15) is 5.10 Å². The summed E-state index contributed by atoms with van der Waals surface area (Å²) in [7, 11) is 3.25. The number of aromatic hydroxyl groups is 1. The molecule has 5 rings (SSSR count). The van der Waals surface area contributed by atoms with Crippen molar-refractivity contribution in [1.82, 2.24) is 14.8 Å². The molecule has 0 aliphatic heterocycles. The molecule has 5 aromatic rings. The molecule has 0 amide bonds. The van der Waals surface area contributed by atoms with Crippen molar-refractivity contribution in [3.05, 3.63) is 84.2 Å². The minimum absolute atomic E-state index is 0.0882. The van der Waals surface area contributed by atoms with E-state index in [4.69, 9.17) is 9.47 Å². The maximum absolute atomic E-state index is 13.4. The number of aromatic nitrogens is 3. The highest BCUT2D eigenvalue weighted by Gasteiger charge is 2.25. The predicted molar refractivity (Wildman–Crippen MR) is 130 cm³/mol. The normalized spacial score (nSPS) is 11.1. The summed E-state index contributed by atoms with van der Waals surface area (Å²) in [5.74, 6) is 1.25. The fraction of sp³-hybridized carbons (Fsp3) is 0.148. The van der Waals surface area contributed by atoms with E-state index in [-0.39, 0.29) is 11.7 Å². The van der Waals surface area contributed by atoms with Crippen molar-refractivity contribution < 1.29 is 19.0 Å². The van der Waals surface area contributed by atoms with Gasteiger partial charge in [-0.25, -0.2) is 4.39 Å². The number of benzene rings is 3. The van der Waals surface area contributed by atoms with E-state index in [0.29, 0.717) is 24.2 Å². The monoisotopic (exact) mass is 457 g/mol. The Kier molecular flexibility index (Phi) is 5.67. The number of aryl methyl sites for hydroxylation is 1. The number of hydrogen-bond acceptors (Lipinski definition) is 4. The van der Waals surface area contributed by atoms with E-state index in [2.05, 4.69) is 10.2 Å². The van der Waals surface area contributed by atoms with E-state index in [0.717, 1.165) is 39.2 Å². The number of methoxy groups -OCH3 is 2. The quantitative estimate of drug-likeness (QED) is 0.324. The largest absolute Gasteiger partial charge is 0.497 e. The zero-order chi connectivity index (χ0) is 23.7. The number of nitrogens with zero attached hydrogens (tertiary/aromatic N) is 2. The van der Waals surface area contributed by atoms with Crippen LogP contribution in [0.3, 0.4) is 0 Å². The summed E-state index contributed by atoms with van der Waals surface area (Å²) in [5.41, 5.74) is 4.76. The van der Waals surface area contributed by atoms with Gasteiger partial charge in [-0.05, 0) is 60.5 Å². The molecular weight excluding hydrogens is 433 g/mol. The van der Waals surface area contributed by atoms with Crippen LogP contribution in [0.25, 0.3) is 33.4 Å². The standard InChI is InChI=1S/C27H24FN3O3/c1-33-20-13-9-18(10-14-20)24-23-25(30-29-24)27(32)31(16-15-17-7-11-19(28)12-8-17)26(23)21-5-3-4-6-22(21)34-2/h3-14,30,32H,15-16H2,1-2H3. The molecule has 0 bridgehead atoms. The first-order valence-electron chi connectivity index (χ1n) is 10.9. The van der Waals surface area contributed by atoms with Gasteiger partial charge < -0.3 is 19.1 Å². The lowest BCUT2D eigenvalue weighted by Crippen LogP contribution is -2.04. The van der Waals surface area contributed by atoms with Crippen molar-refractivity contribution >= 4 is 10.9 Å². The lowest BCUT2D eigenvalue weighted by atomic mass is 10.0. The summed E-state index contributed by atoms with van der Waals surface area (Å²) in [6.07, 6.45) is 0.610. The van der Waals surface area contributed by atoms with Crippen LogP contribution in [0.5, 0.6) is 17.4 Å². The average molecular weight is 458 g/mol. The van der Waals surface area contributed by atoms with Crippen LogP contribution in [0.2, 0.25) is 0 Å². The van der Waals surface area contributed by atoms with Crippen LogP contribution in [-0.4, -0.2) is 34.1 Å². The average Bonchev–Trinajstić information content (AvgIpc) is 3.42. The van der Waals surface area contributed by atoms with Crippen molar-refractivity contribution in [2.45, 2.75) is 13.0 Å². The molecule has 3 aromatic carbocycles. The molecule has 2 aromatic heterocycles. The summed E-state index contributed by atoms with van der Waals surface area (Å²) in [6, 6.07) is 21.7. The highest BCUT2D eigenvalue weighted by atomic mass is 19.1. The molecule has 0 aliphatic rings. The van der Waals surface area contributed by atoms with Crippen LogP contribution in [0, 0.1) is 5.82 Å². The van der Waals surface area contributed by atoms with Crippen molar-refractivity contribution in [2.24, 2.45) is 0 Å². The molecule has 2 N–H and O–H groups in total. The summed E-state index contributed by atoms with van der Waals surface area (Å²) < 4.78 is 26.2. The Bertz CT molecular complexity index is 1440. The molecular formula is C27H24FN3O3. The number of aromatic amines is 1. The van der Waals surface area contributed by atoms with Crippen molar-refractivity contribution in [1.29, 1.82) is 0 Å². The van der Waals surface area contributed by atoms with Gasteiger partial charge in [0, 0.05) is 17.7 Å². The molecule has 0 radical (unpaired) electrons. The maximum atomic E-state index is 13.4. The summed E-state index contributed by atoms with van der Waals surface area (Å²) in [4.78, 5) is 0. The van der Waals surface area contributed by atoms with E-state index < -0.39 is 0 Å². The third-order valence-electron chi connectivity index (χ3n) is 6.02. The Hall–Kier alpha value is -4.26. The topological polar surface area (TPSA) is 72.3 Å². The molecule has 34 heavy (non-hydrogen) atoms. The third kappa shape index (κ3) is 3.75. The Balaban J connectivity index is 1.69. The van der Waals surface area contributed by atoms with Gasteiger partial charge in [-0.3, -0.25) is 5.10 Å².